The van der Waals surface area contributed by atoms with Crippen LogP contribution in [0.5, 0.6) is 0 Å². The van der Waals surface area contributed by atoms with Crippen molar-refractivity contribution < 1.29 is 4.79 Å². The average molecular weight is 184 g/mol. The normalized spacial score (nSPS) is 14.7. The van der Waals surface area contributed by atoms with Crippen LogP contribution in [-0.4, -0.2) is 18.5 Å². The molecule has 0 aliphatic carbocycles. The second-order valence-electron chi connectivity index (χ2n) is 3.28. The van der Waals surface area contributed by atoms with Gasteiger partial charge in [-0.25, -0.2) is 0 Å². The molecule has 0 aromatic rings. The molecule has 76 valence electrons. The number of rotatable bonds is 6. The Morgan fingerprint density at radius 3 is 2.77 bits per heavy atom. The lowest BCUT2D eigenvalue weighted by Crippen LogP contribution is -2.44. The lowest BCUT2D eigenvalue weighted by Gasteiger charge is -2.17. The van der Waals surface area contributed by atoms with Crippen molar-refractivity contribution in [3.8, 4) is 0 Å². The first-order valence-electron chi connectivity index (χ1n) is 4.77. The van der Waals surface area contributed by atoms with E-state index < -0.39 is 0 Å². The van der Waals surface area contributed by atoms with Gasteiger partial charge in [-0.2, -0.15) is 0 Å². The van der Waals surface area contributed by atoms with Crippen molar-refractivity contribution in [2.45, 2.75) is 32.7 Å². The summed E-state index contributed by atoms with van der Waals surface area (Å²) in [6.07, 6.45) is 3.49. The molecule has 0 saturated heterocycles. The summed E-state index contributed by atoms with van der Waals surface area (Å²) in [5.74, 6) is 0.180. The van der Waals surface area contributed by atoms with Crippen molar-refractivity contribution >= 4 is 5.91 Å². The highest BCUT2D eigenvalue weighted by Crippen LogP contribution is 2.04. The summed E-state index contributed by atoms with van der Waals surface area (Å²) in [6.45, 7) is 8.22. The lowest BCUT2D eigenvalue weighted by molar-refractivity contribution is -0.123. The van der Waals surface area contributed by atoms with E-state index in [9.17, 15) is 4.79 Å². The quantitative estimate of drug-likeness (QED) is 0.479. The summed E-state index contributed by atoms with van der Waals surface area (Å²) in [5.41, 5.74) is 5.72. The molecule has 0 aliphatic rings. The minimum absolute atomic E-state index is 0.0591. The van der Waals surface area contributed by atoms with E-state index >= 15 is 0 Å². The maximum Gasteiger partial charge on any atom is 0.237 e. The first kappa shape index (κ1) is 12.2. The summed E-state index contributed by atoms with van der Waals surface area (Å²) in [7, 11) is 0. The molecule has 0 aliphatic heterocycles. The molecule has 3 N–H and O–H groups in total. The maximum absolute atomic E-state index is 11.3. The van der Waals surface area contributed by atoms with E-state index in [2.05, 4.69) is 11.9 Å². The zero-order valence-corrected chi connectivity index (χ0v) is 8.55. The molecule has 0 radical (unpaired) electrons. The molecule has 0 saturated carbocycles. The van der Waals surface area contributed by atoms with Crippen LogP contribution >= 0.6 is 0 Å². The third-order valence-corrected chi connectivity index (χ3v) is 2.21. The van der Waals surface area contributed by atoms with Gasteiger partial charge in [0.1, 0.15) is 0 Å². The van der Waals surface area contributed by atoms with E-state index in [1.165, 1.54) is 0 Å². The summed E-state index contributed by atoms with van der Waals surface area (Å²) in [6, 6.07) is -0.380. The van der Waals surface area contributed by atoms with Gasteiger partial charge in [-0.3, -0.25) is 4.79 Å². The molecular weight excluding hydrogens is 164 g/mol. The van der Waals surface area contributed by atoms with E-state index in [1.54, 1.807) is 6.08 Å². The van der Waals surface area contributed by atoms with Crippen molar-refractivity contribution in [2.75, 3.05) is 6.54 Å². The van der Waals surface area contributed by atoms with Gasteiger partial charge in [-0.15, -0.1) is 6.58 Å². The van der Waals surface area contributed by atoms with Crippen molar-refractivity contribution in [3.63, 3.8) is 0 Å². The molecule has 0 rings (SSSR count). The van der Waals surface area contributed by atoms with Crippen molar-refractivity contribution in [1.82, 2.24) is 5.32 Å². The highest BCUT2D eigenvalue weighted by molar-refractivity contribution is 5.81. The standard InChI is InChI=1S/C10H20N2O/c1-4-6-7-12-10(13)9(11)8(3)5-2/h4,8-9H,1,5-7,11H2,2-3H3,(H,12,13). The van der Waals surface area contributed by atoms with Crippen LogP contribution in [0.4, 0.5) is 0 Å². The van der Waals surface area contributed by atoms with Crippen molar-refractivity contribution in [2.24, 2.45) is 11.7 Å². The van der Waals surface area contributed by atoms with E-state index in [0.717, 1.165) is 12.8 Å². The summed E-state index contributed by atoms with van der Waals surface area (Å²) >= 11 is 0. The summed E-state index contributed by atoms with van der Waals surface area (Å²) in [4.78, 5) is 11.3. The second-order valence-corrected chi connectivity index (χ2v) is 3.28. The number of nitrogens with two attached hydrogens (primary N) is 1. The fourth-order valence-corrected chi connectivity index (χ4v) is 0.928. The van der Waals surface area contributed by atoms with Crippen molar-refractivity contribution in [1.29, 1.82) is 0 Å². The van der Waals surface area contributed by atoms with Gasteiger partial charge in [0.15, 0.2) is 0 Å². The van der Waals surface area contributed by atoms with Gasteiger partial charge in [0.25, 0.3) is 0 Å². The van der Waals surface area contributed by atoms with Crippen LogP contribution < -0.4 is 11.1 Å². The Balaban J connectivity index is 3.75. The van der Waals surface area contributed by atoms with Crippen LogP contribution in [0.3, 0.4) is 0 Å². The van der Waals surface area contributed by atoms with E-state index in [-0.39, 0.29) is 17.9 Å². The molecule has 0 aromatic carbocycles. The monoisotopic (exact) mass is 184 g/mol. The predicted octanol–water partition coefficient (Wildman–Crippen LogP) is 1.05. The lowest BCUT2D eigenvalue weighted by atomic mass is 9.99. The van der Waals surface area contributed by atoms with E-state index in [0.29, 0.717) is 6.54 Å². The largest absolute Gasteiger partial charge is 0.354 e. The SMILES string of the molecule is C=CCCNC(=O)C(N)C(C)CC. The maximum atomic E-state index is 11.3. The second kappa shape index (κ2) is 6.66. The topological polar surface area (TPSA) is 55.1 Å². The Hall–Kier alpha value is -0.830. The zero-order chi connectivity index (χ0) is 10.3. The molecule has 0 bridgehead atoms. The molecule has 3 heteroatoms. The minimum Gasteiger partial charge on any atom is -0.354 e. The Morgan fingerprint density at radius 1 is 1.69 bits per heavy atom. The van der Waals surface area contributed by atoms with Gasteiger partial charge in [0.2, 0.25) is 5.91 Å². The van der Waals surface area contributed by atoms with E-state index in [4.69, 9.17) is 5.73 Å². The molecule has 2 unspecified atom stereocenters. The Morgan fingerprint density at radius 2 is 2.31 bits per heavy atom. The summed E-state index contributed by atoms with van der Waals surface area (Å²) in [5, 5.41) is 2.76. The number of nitrogens with one attached hydrogen (secondary N) is 1. The first-order chi connectivity index (χ1) is 6.13. The molecule has 0 aromatic heterocycles. The number of hydrogen-bond acceptors (Lipinski definition) is 2. The fourth-order valence-electron chi connectivity index (χ4n) is 0.928. The average Bonchev–Trinajstić information content (AvgIpc) is 2.15. The highest BCUT2D eigenvalue weighted by Gasteiger charge is 2.18. The molecule has 0 spiro atoms. The van der Waals surface area contributed by atoms with Crippen LogP contribution in [0, 0.1) is 5.92 Å². The van der Waals surface area contributed by atoms with Crippen molar-refractivity contribution in [3.05, 3.63) is 12.7 Å². The molecular formula is C10H20N2O. The number of amides is 1. The molecule has 0 fully saturated rings. The third-order valence-electron chi connectivity index (χ3n) is 2.21. The van der Waals surface area contributed by atoms with Gasteiger partial charge in [-0.1, -0.05) is 26.3 Å². The number of hydrogen-bond donors (Lipinski definition) is 2. The molecule has 0 heterocycles. The Bertz CT molecular complexity index is 168. The van der Waals surface area contributed by atoms with E-state index in [1.807, 2.05) is 13.8 Å². The number of carbonyl (C=O) groups is 1. The smallest absolute Gasteiger partial charge is 0.237 e. The van der Waals surface area contributed by atoms with Gasteiger partial charge in [0, 0.05) is 6.54 Å². The van der Waals surface area contributed by atoms with Crippen LogP contribution in [0.2, 0.25) is 0 Å². The number of carbonyl (C=O) groups excluding carboxylic acids is 1. The van der Waals surface area contributed by atoms with Crippen LogP contribution in [0.25, 0.3) is 0 Å². The van der Waals surface area contributed by atoms with Crippen LogP contribution in [0.1, 0.15) is 26.7 Å². The fraction of sp³-hybridized carbons (Fsp3) is 0.700. The molecule has 2 atom stereocenters. The first-order valence-corrected chi connectivity index (χ1v) is 4.77. The van der Waals surface area contributed by atoms with Gasteiger partial charge < -0.3 is 11.1 Å². The molecule has 3 nitrogen and oxygen atoms in total. The molecule has 1 amide bonds. The highest BCUT2D eigenvalue weighted by atomic mass is 16.2. The molecule has 13 heavy (non-hydrogen) atoms. The zero-order valence-electron chi connectivity index (χ0n) is 8.55. The Kier molecular flexibility index (Phi) is 6.24. The van der Waals surface area contributed by atoms with Gasteiger partial charge in [0.05, 0.1) is 6.04 Å². The Labute approximate surface area is 80.4 Å². The van der Waals surface area contributed by atoms with Crippen LogP contribution in [-0.2, 0) is 4.79 Å². The summed E-state index contributed by atoms with van der Waals surface area (Å²) < 4.78 is 0. The predicted molar refractivity (Wildman–Crippen MR) is 55.3 cm³/mol. The third kappa shape index (κ3) is 4.68. The minimum atomic E-state index is -0.380. The van der Waals surface area contributed by atoms with Crippen LogP contribution in [0.15, 0.2) is 12.7 Å². The van der Waals surface area contributed by atoms with Gasteiger partial charge >= 0.3 is 0 Å². The van der Waals surface area contributed by atoms with Gasteiger partial charge in [-0.05, 0) is 12.3 Å².